The number of hydrogen-bond donors (Lipinski definition) is 0. The Morgan fingerprint density at radius 2 is 1.29 bits per heavy atom. The third kappa shape index (κ3) is 7.32. The van der Waals surface area contributed by atoms with E-state index in [2.05, 4.69) is 0 Å². The summed E-state index contributed by atoms with van der Waals surface area (Å²) >= 11 is 0. The lowest BCUT2D eigenvalue weighted by molar-refractivity contribution is -0.167. The van der Waals surface area contributed by atoms with Crippen molar-refractivity contribution in [3.8, 4) is 0 Å². The predicted octanol–water partition coefficient (Wildman–Crippen LogP) is 4.54. The van der Waals surface area contributed by atoms with Gasteiger partial charge in [0.25, 0.3) is 0 Å². The fraction of sp³-hybridized carbons (Fsp3) is 0.833. The normalized spacial score (nSPS) is 22.9. The maximum absolute atomic E-state index is 13.2. The second kappa shape index (κ2) is 13.5. The fourth-order valence-corrected chi connectivity index (χ4v) is 4.07. The van der Waals surface area contributed by atoms with Gasteiger partial charge in [0.05, 0.1) is 31.7 Å². The van der Waals surface area contributed by atoms with Crippen LogP contribution in [-0.2, 0) is 33.4 Å². The molecule has 1 aliphatic carbocycles. The Morgan fingerprint density at radius 1 is 0.774 bits per heavy atom. The smallest absolute Gasteiger partial charge is 0.320 e. The molecule has 31 heavy (non-hydrogen) atoms. The Balaban J connectivity index is 3.15. The molecule has 0 saturated heterocycles. The van der Waals surface area contributed by atoms with Crippen LogP contribution < -0.4 is 0 Å². The number of hydrogen-bond acceptors (Lipinski definition) is 7. The van der Waals surface area contributed by atoms with Gasteiger partial charge in [0, 0.05) is 6.42 Å². The lowest BCUT2D eigenvalue weighted by Gasteiger charge is -2.29. The molecule has 1 aliphatic rings. The van der Waals surface area contributed by atoms with Crippen LogP contribution in [0.1, 0.15) is 98.3 Å². The van der Waals surface area contributed by atoms with Crippen molar-refractivity contribution < 1.29 is 33.4 Å². The summed E-state index contributed by atoms with van der Waals surface area (Å²) in [7, 11) is 0. The number of unbranched alkanes of at least 4 members (excludes halogenated alkanes) is 3. The third-order valence-electron chi connectivity index (χ3n) is 5.89. The Morgan fingerprint density at radius 3 is 1.81 bits per heavy atom. The van der Waals surface area contributed by atoms with Gasteiger partial charge in [-0.25, -0.2) is 0 Å². The van der Waals surface area contributed by atoms with Crippen molar-refractivity contribution in [2.75, 3.05) is 19.8 Å². The van der Waals surface area contributed by atoms with E-state index in [1.165, 1.54) is 0 Å². The molecule has 0 aliphatic heterocycles. The molecular weight excluding hydrogens is 400 g/mol. The van der Waals surface area contributed by atoms with Crippen LogP contribution in [0.5, 0.6) is 0 Å². The lowest BCUT2D eigenvalue weighted by atomic mass is 9.75. The zero-order valence-corrected chi connectivity index (χ0v) is 19.8. The molecule has 7 nitrogen and oxygen atoms in total. The standard InChI is InChI=1S/C24H40O7/c1-5-9-13-29-20(26)17-24(22(28)31-15-11-7-3)18-23(12-8-4,16-19(24)25)21(27)30-14-10-6-2/h5-18H2,1-4H3. The van der Waals surface area contributed by atoms with E-state index in [0.29, 0.717) is 25.7 Å². The van der Waals surface area contributed by atoms with Gasteiger partial charge in [0.15, 0.2) is 5.78 Å². The summed E-state index contributed by atoms with van der Waals surface area (Å²) < 4.78 is 16.1. The molecule has 1 fully saturated rings. The molecular formula is C24H40O7. The molecule has 0 spiro atoms. The third-order valence-corrected chi connectivity index (χ3v) is 5.89. The highest BCUT2D eigenvalue weighted by molar-refractivity contribution is 6.10. The van der Waals surface area contributed by atoms with Gasteiger partial charge in [-0.1, -0.05) is 53.4 Å². The summed E-state index contributed by atoms with van der Waals surface area (Å²) in [6.07, 6.45) is 5.16. The average Bonchev–Trinajstić information content (AvgIpc) is 3.02. The summed E-state index contributed by atoms with van der Waals surface area (Å²) in [5, 5.41) is 0. The average molecular weight is 441 g/mol. The quantitative estimate of drug-likeness (QED) is 0.160. The van der Waals surface area contributed by atoms with Gasteiger partial charge in [-0.3, -0.25) is 19.2 Å². The number of ether oxygens (including phenoxy) is 3. The molecule has 7 heteroatoms. The van der Waals surface area contributed by atoms with Crippen LogP contribution in [0, 0.1) is 10.8 Å². The first-order valence-corrected chi connectivity index (χ1v) is 11.8. The van der Waals surface area contributed by atoms with E-state index in [9.17, 15) is 19.2 Å². The topological polar surface area (TPSA) is 96.0 Å². The van der Waals surface area contributed by atoms with E-state index in [1.54, 1.807) is 0 Å². The molecule has 178 valence electrons. The molecule has 2 atom stereocenters. The molecule has 0 bridgehead atoms. The summed E-state index contributed by atoms with van der Waals surface area (Å²) in [5.74, 6) is -2.22. The molecule has 1 rings (SSSR count). The summed E-state index contributed by atoms with van der Waals surface area (Å²) in [4.78, 5) is 51.8. The largest absolute Gasteiger partial charge is 0.466 e. The zero-order valence-electron chi connectivity index (χ0n) is 19.8. The molecule has 0 aromatic rings. The van der Waals surface area contributed by atoms with Crippen LogP contribution in [0.4, 0.5) is 0 Å². The first-order chi connectivity index (χ1) is 14.8. The number of Topliss-reactive ketones (excluding diaryl/α,β-unsaturated/α-hetero) is 1. The van der Waals surface area contributed by atoms with Crippen LogP contribution in [0.25, 0.3) is 0 Å². The first kappa shape index (κ1) is 27.1. The second-order valence-corrected chi connectivity index (χ2v) is 8.62. The number of carbonyl (C=O) groups excluding carboxylic acids is 4. The Kier molecular flexibility index (Phi) is 11.8. The van der Waals surface area contributed by atoms with Crippen molar-refractivity contribution in [2.24, 2.45) is 10.8 Å². The van der Waals surface area contributed by atoms with Crippen LogP contribution in [-0.4, -0.2) is 43.5 Å². The number of esters is 3. The SMILES string of the molecule is CCCCOC(=O)CC1(C(=O)OCCCC)CC(CCC)(C(=O)OCCCC)CC1=O. The van der Waals surface area contributed by atoms with Crippen molar-refractivity contribution in [1.82, 2.24) is 0 Å². The van der Waals surface area contributed by atoms with E-state index < -0.39 is 40.9 Å². The molecule has 2 unspecified atom stereocenters. The summed E-state index contributed by atoms with van der Waals surface area (Å²) in [6, 6.07) is 0. The minimum Gasteiger partial charge on any atom is -0.466 e. The Labute approximate surface area is 186 Å². The van der Waals surface area contributed by atoms with Gasteiger partial charge in [-0.2, -0.15) is 0 Å². The van der Waals surface area contributed by atoms with Crippen molar-refractivity contribution >= 4 is 23.7 Å². The Hall–Kier alpha value is -1.92. The highest BCUT2D eigenvalue weighted by Gasteiger charge is 2.63. The van der Waals surface area contributed by atoms with Gasteiger partial charge in [0.2, 0.25) is 0 Å². The van der Waals surface area contributed by atoms with Crippen molar-refractivity contribution in [3.63, 3.8) is 0 Å². The van der Waals surface area contributed by atoms with Gasteiger partial charge >= 0.3 is 17.9 Å². The highest BCUT2D eigenvalue weighted by atomic mass is 16.5. The van der Waals surface area contributed by atoms with Gasteiger partial charge in [-0.15, -0.1) is 0 Å². The van der Waals surface area contributed by atoms with Crippen molar-refractivity contribution in [3.05, 3.63) is 0 Å². The Bertz CT molecular complexity index is 615. The maximum atomic E-state index is 13.2. The molecule has 1 saturated carbocycles. The first-order valence-electron chi connectivity index (χ1n) is 11.8. The van der Waals surface area contributed by atoms with Crippen LogP contribution in [0.2, 0.25) is 0 Å². The second-order valence-electron chi connectivity index (χ2n) is 8.62. The molecule has 0 aromatic heterocycles. The molecule has 0 radical (unpaired) electrons. The maximum Gasteiger partial charge on any atom is 0.320 e. The zero-order chi connectivity index (χ0) is 23.3. The van der Waals surface area contributed by atoms with Crippen molar-refractivity contribution in [2.45, 2.75) is 98.3 Å². The predicted molar refractivity (Wildman–Crippen MR) is 116 cm³/mol. The van der Waals surface area contributed by atoms with Gasteiger partial charge < -0.3 is 14.2 Å². The molecule has 0 heterocycles. The number of carbonyl (C=O) groups is 4. The highest BCUT2D eigenvalue weighted by Crippen LogP contribution is 2.53. The molecule has 0 aromatic carbocycles. The van der Waals surface area contributed by atoms with E-state index in [4.69, 9.17) is 14.2 Å². The molecule has 0 amide bonds. The fourth-order valence-electron chi connectivity index (χ4n) is 4.07. The van der Waals surface area contributed by atoms with Crippen LogP contribution in [0.15, 0.2) is 0 Å². The summed E-state index contributed by atoms with van der Waals surface area (Å²) in [6.45, 7) is 8.56. The van der Waals surface area contributed by atoms with E-state index in [0.717, 1.165) is 25.7 Å². The van der Waals surface area contributed by atoms with E-state index >= 15 is 0 Å². The van der Waals surface area contributed by atoms with Crippen LogP contribution in [0.3, 0.4) is 0 Å². The van der Waals surface area contributed by atoms with E-state index in [-0.39, 0.29) is 32.7 Å². The van der Waals surface area contributed by atoms with Gasteiger partial charge in [-0.05, 0) is 32.1 Å². The summed E-state index contributed by atoms with van der Waals surface area (Å²) in [5.41, 5.74) is -2.79. The monoisotopic (exact) mass is 440 g/mol. The lowest BCUT2D eigenvalue weighted by Crippen LogP contribution is -2.41. The molecule has 0 N–H and O–H groups in total. The van der Waals surface area contributed by atoms with Gasteiger partial charge in [0.1, 0.15) is 5.41 Å². The minimum atomic E-state index is -1.68. The van der Waals surface area contributed by atoms with E-state index in [1.807, 2.05) is 27.7 Å². The minimum absolute atomic E-state index is 0.0640. The van der Waals surface area contributed by atoms with Crippen LogP contribution >= 0.6 is 0 Å². The van der Waals surface area contributed by atoms with Crippen molar-refractivity contribution in [1.29, 1.82) is 0 Å². The number of ketones is 1. The number of rotatable bonds is 15.